The van der Waals surface area contributed by atoms with Gasteiger partial charge < -0.3 is 4.74 Å². The van der Waals surface area contributed by atoms with Crippen LogP contribution in [0.2, 0.25) is 0 Å². The summed E-state index contributed by atoms with van der Waals surface area (Å²) in [5.41, 5.74) is 6.02. The Morgan fingerprint density at radius 3 is 2.24 bits per heavy atom. The number of methoxy groups -OCH3 is 1. The van der Waals surface area contributed by atoms with E-state index in [4.69, 9.17) is 4.74 Å². The molecule has 0 atom stereocenters. The van der Waals surface area contributed by atoms with Crippen molar-refractivity contribution in [2.45, 2.75) is 11.8 Å². The summed E-state index contributed by atoms with van der Waals surface area (Å²) in [5, 5.41) is 0. The molecular weight excluding hydrogens is 461 g/mol. The molecule has 8 nitrogen and oxygen atoms in total. The zero-order valence-corrected chi connectivity index (χ0v) is 19.1. The Morgan fingerprint density at radius 2 is 1.59 bits per heavy atom. The second-order valence-electron chi connectivity index (χ2n) is 7.14. The van der Waals surface area contributed by atoms with Crippen LogP contribution in [0.5, 0.6) is 5.75 Å². The SMILES string of the molecule is COc1ccc(NS(=O)(=O)c2cccc(C(=O)NNC(=O)/C=C(/C)c3ccc(F)cc3)c2)cc1. The van der Waals surface area contributed by atoms with Crippen molar-refractivity contribution in [1.29, 1.82) is 0 Å². The number of hydrogen-bond acceptors (Lipinski definition) is 5. The Bertz CT molecular complexity index is 1320. The second-order valence-corrected chi connectivity index (χ2v) is 8.82. The average molecular weight is 484 g/mol. The maximum absolute atomic E-state index is 13.0. The van der Waals surface area contributed by atoms with E-state index in [0.29, 0.717) is 22.6 Å². The molecule has 0 aliphatic rings. The summed E-state index contributed by atoms with van der Waals surface area (Å²) in [6.45, 7) is 1.67. The fraction of sp³-hybridized carbons (Fsp3) is 0.0833. The Kier molecular flexibility index (Phi) is 7.64. The molecule has 10 heteroatoms. The van der Waals surface area contributed by atoms with Gasteiger partial charge >= 0.3 is 0 Å². The smallest absolute Gasteiger partial charge is 0.269 e. The highest BCUT2D eigenvalue weighted by atomic mass is 32.2. The van der Waals surface area contributed by atoms with Gasteiger partial charge in [-0.05, 0) is 72.7 Å². The van der Waals surface area contributed by atoms with Crippen LogP contribution in [0.4, 0.5) is 10.1 Å². The third-order valence-corrected chi connectivity index (χ3v) is 6.07. The zero-order chi connectivity index (χ0) is 24.7. The molecule has 0 spiro atoms. The molecule has 0 saturated heterocycles. The number of ether oxygens (including phenoxy) is 1. The first kappa shape index (κ1) is 24.5. The van der Waals surface area contributed by atoms with Gasteiger partial charge in [-0.1, -0.05) is 18.2 Å². The third-order valence-electron chi connectivity index (χ3n) is 4.70. The van der Waals surface area contributed by atoms with Crippen molar-refractivity contribution in [2.24, 2.45) is 0 Å². The van der Waals surface area contributed by atoms with E-state index in [0.717, 1.165) is 0 Å². The number of benzene rings is 3. The molecule has 3 aromatic rings. The molecule has 0 aliphatic heterocycles. The van der Waals surface area contributed by atoms with Crippen LogP contribution >= 0.6 is 0 Å². The first-order chi connectivity index (χ1) is 16.2. The number of carbonyl (C=O) groups excluding carboxylic acids is 2. The first-order valence-electron chi connectivity index (χ1n) is 9.99. The van der Waals surface area contributed by atoms with Gasteiger partial charge in [0, 0.05) is 17.3 Å². The maximum Gasteiger partial charge on any atom is 0.269 e. The molecule has 0 radical (unpaired) electrons. The van der Waals surface area contributed by atoms with E-state index in [1.54, 1.807) is 31.2 Å². The van der Waals surface area contributed by atoms with Gasteiger partial charge in [-0.15, -0.1) is 0 Å². The van der Waals surface area contributed by atoms with E-state index < -0.39 is 27.7 Å². The number of hydrogen-bond donors (Lipinski definition) is 3. The van der Waals surface area contributed by atoms with Gasteiger partial charge in [-0.2, -0.15) is 0 Å². The van der Waals surface area contributed by atoms with Crippen LogP contribution in [-0.4, -0.2) is 27.3 Å². The third kappa shape index (κ3) is 6.42. The van der Waals surface area contributed by atoms with Gasteiger partial charge in [0.05, 0.1) is 12.0 Å². The summed E-state index contributed by atoms with van der Waals surface area (Å²) in [4.78, 5) is 24.4. The number of sulfonamides is 1. The van der Waals surface area contributed by atoms with Crippen LogP contribution in [0.15, 0.2) is 83.8 Å². The number of hydrazine groups is 1. The maximum atomic E-state index is 13.0. The zero-order valence-electron chi connectivity index (χ0n) is 18.3. The van der Waals surface area contributed by atoms with Crippen LogP contribution in [0.1, 0.15) is 22.8 Å². The monoisotopic (exact) mass is 483 g/mol. The Labute approximate surface area is 196 Å². The average Bonchev–Trinajstić information content (AvgIpc) is 2.83. The van der Waals surface area contributed by atoms with Crippen molar-refractivity contribution in [3.8, 4) is 5.75 Å². The molecule has 0 heterocycles. The van der Waals surface area contributed by atoms with Gasteiger partial charge in [-0.3, -0.25) is 25.2 Å². The number of nitrogens with one attached hydrogen (secondary N) is 3. The molecule has 0 saturated carbocycles. The van der Waals surface area contributed by atoms with Crippen molar-refractivity contribution in [3.63, 3.8) is 0 Å². The van der Waals surface area contributed by atoms with Crippen molar-refractivity contribution in [3.05, 3.63) is 95.8 Å². The second kappa shape index (κ2) is 10.6. The highest BCUT2D eigenvalue weighted by molar-refractivity contribution is 7.92. The number of halogens is 1. The number of amides is 2. The van der Waals surface area contributed by atoms with E-state index in [-0.39, 0.29) is 10.5 Å². The molecule has 0 aliphatic carbocycles. The molecule has 3 N–H and O–H groups in total. The fourth-order valence-electron chi connectivity index (χ4n) is 2.90. The molecule has 3 rings (SSSR count). The lowest BCUT2D eigenvalue weighted by molar-refractivity contribution is -0.117. The molecule has 0 aromatic heterocycles. The number of carbonyl (C=O) groups is 2. The summed E-state index contributed by atoms with van der Waals surface area (Å²) in [6.07, 6.45) is 1.24. The Balaban J connectivity index is 1.65. The molecule has 0 fully saturated rings. The molecule has 176 valence electrons. The minimum atomic E-state index is -3.96. The van der Waals surface area contributed by atoms with Gasteiger partial charge in [0.1, 0.15) is 11.6 Å². The normalized spacial score (nSPS) is 11.4. The van der Waals surface area contributed by atoms with E-state index in [1.807, 2.05) is 0 Å². The fourth-order valence-corrected chi connectivity index (χ4v) is 4.00. The Morgan fingerprint density at radius 1 is 0.912 bits per heavy atom. The van der Waals surface area contributed by atoms with E-state index in [2.05, 4.69) is 15.6 Å². The van der Waals surface area contributed by atoms with Crippen LogP contribution in [0, 0.1) is 5.82 Å². The van der Waals surface area contributed by atoms with Gasteiger partial charge in [-0.25, -0.2) is 12.8 Å². The largest absolute Gasteiger partial charge is 0.497 e. The number of anilines is 1. The van der Waals surface area contributed by atoms with Crippen LogP contribution in [0.3, 0.4) is 0 Å². The summed E-state index contributed by atoms with van der Waals surface area (Å²) in [6, 6.07) is 17.3. The molecule has 2 amide bonds. The van der Waals surface area contributed by atoms with Gasteiger partial charge in [0.25, 0.3) is 21.8 Å². The topological polar surface area (TPSA) is 114 Å². The van der Waals surface area contributed by atoms with Crippen molar-refractivity contribution >= 4 is 33.1 Å². The molecule has 3 aromatic carbocycles. The van der Waals surface area contributed by atoms with E-state index in [9.17, 15) is 22.4 Å². The lowest BCUT2D eigenvalue weighted by Crippen LogP contribution is -2.40. The minimum absolute atomic E-state index is 0.0251. The lowest BCUT2D eigenvalue weighted by atomic mass is 10.1. The standard InChI is InChI=1S/C24H22FN3O5S/c1-16(17-6-8-19(25)9-7-17)14-23(29)26-27-24(30)18-4-3-5-22(15-18)34(31,32)28-20-10-12-21(33-2)13-11-20/h3-15,28H,1-2H3,(H,26,29)(H,27,30)/b16-14-. The molecule has 0 unspecified atom stereocenters. The first-order valence-corrected chi connectivity index (χ1v) is 11.5. The van der Waals surface area contributed by atoms with Crippen molar-refractivity contribution in [2.75, 3.05) is 11.8 Å². The number of rotatable bonds is 7. The van der Waals surface area contributed by atoms with Crippen LogP contribution < -0.4 is 20.3 Å². The molecular formula is C24H22FN3O5S. The van der Waals surface area contributed by atoms with Crippen molar-refractivity contribution in [1.82, 2.24) is 10.9 Å². The highest BCUT2D eigenvalue weighted by Crippen LogP contribution is 2.20. The summed E-state index contributed by atoms with van der Waals surface area (Å²) < 4.78 is 45.9. The summed E-state index contributed by atoms with van der Waals surface area (Å²) in [5.74, 6) is -1.13. The van der Waals surface area contributed by atoms with Crippen LogP contribution in [0.25, 0.3) is 5.57 Å². The van der Waals surface area contributed by atoms with E-state index >= 15 is 0 Å². The number of allylic oxidation sites excluding steroid dienone is 1. The quantitative estimate of drug-likeness (QED) is 0.352. The van der Waals surface area contributed by atoms with Crippen LogP contribution in [-0.2, 0) is 14.8 Å². The van der Waals surface area contributed by atoms with Gasteiger partial charge in [0.15, 0.2) is 0 Å². The molecule has 34 heavy (non-hydrogen) atoms. The summed E-state index contributed by atoms with van der Waals surface area (Å²) in [7, 11) is -2.46. The Hall–Kier alpha value is -4.18. The lowest BCUT2D eigenvalue weighted by Gasteiger charge is -2.10. The highest BCUT2D eigenvalue weighted by Gasteiger charge is 2.17. The van der Waals surface area contributed by atoms with Gasteiger partial charge in [0.2, 0.25) is 0 Å². The van der Waals surface area contributed by atoms with E-state index in [1.165, 1.54) is 61.7 Å². The summed E-state index contributed by atoms with van der Waals surface area (Å²) >= 11 is 0. The predicted octanol–water partition coefficient (Wildman–Crippen LogP) is 3.50. The predicted molar refractivity (Wildman–Crippen MR) is 126 cm³/mol. The minimum Gasteiger partial charge on any atom is -0.497 e. The van der Waals surface area contributed by atoms with Crippen molar-refractivity contribution < 1.29 is 27.1 Å². The molecule has 0 bridgehead atoms.